The Labute approximate surface area is 94.3 Å². The molecular weight excluding hydrogens is 241 g/mol. The van der Waals surface area contributed by atoms with Crippen molar-refractivity contribution in [1.82, 2.24) is 0 Å². The number of azo groups is 1. The maximum Gasteiger partial charge on any atom is 0.375 e. The predicted molar refractivity (Wildman–Crippen MR) is 54.6 cm³/mol. The van der Waals surface area contributed by atoms with Gasteiger partial charge in [-0.3, -0.25) is 0 Å². The van der Waals surface area contributed by atoms with Gasteiger partial charge >= 0.3 is 12.1 Å². The molecule has 76 valence electrons. The molecule has 0 atom stereocenters. The summed E-state index contributed by atoms with van der Waals surface area (Å²) in [6.07, 6.45) is 0. The van der Waals surface area contributed by atoms with Gasteiger partial charge in [0, 0.05) is 5.02 Å². The number of imide groups is 1. The number of hydrogen-bond donors (Lipinski definition) is 0. The first kappa shape index (κ1) is 10.1. The highest BCUT2D eigenvalue weighted by Crippen LogP contribution is 2.31. The lowest BCUT2D eigenvalue weighted by Crippen LogP contribution is -2.27. The largest absolute Gasteiger partial charge is 0.375 e. The average Bonchev–Trinajstić information content (AvgIpc) is 2.48. The summed E-state index contributed by atoms with van der Waals surface area (Å²) in [6.45, 7) is 0. The molecule has 0 aromatic heterocycles. The van der Waals surface area contributed by atoms with Crippen LogP contribution in [0.1, 0.15) is 0 Å². The minimum atomic E-state index is -0.760. The molecule has 1 heterocycles. The molecule has 0 fully saturated rings. The molecule has 0 saturated carbocycles. The molecule has 1 aliphatic rings. The Kier molecular flexibility index (Phi) is 2.42. The molecule has 0 radical (unpaired) electrons. The van der Waals surface area contributed by atoms with Crippen molar-refractivity contribution in [3.63, 3.8) is 0 Å². The number of amides is 4. The van der Waals surface area contributed by atoms with Crippen molar-refractivity contribution < 1.29 is 9.59 Å². The van der Waals surface area contributed by atoms with Crippen LogP contribution in [0.4, 0.5) is 15.3 Å². The van der Waals surface area contributed by atoms with Gasteiger partial charge < -0.3 is 0 Å². The van der Waals surface area contributed by atoms with Gasteiger partial charge in [-0.25, -0.2) is 14.5 Å². The Bertz CT molecular complexity index is 469. The van der Waals surface area contributed by atoms with Gasteiger partial charge in [-0.05, 0) is 18.2 Å². The zero-order chi connectivity index (χ0) is 11.0. The number of carbonyl (C=O) groups is 2. The lowest BCUT2D eigenvalue weighted by molar-refractivity contribution is 0.249. The summed E-state index contributed by atoms with van der Waals surface area (Å²) in [4.78, 5) is 23.1. The van der Waals surface area contributed by atoms with Crippen LogP contribution in [0.15, 0.2) is 28.4 Å². The highest BCUT2D eigenvalue weighted by molar-refractivity contribution is 6.37. The number of halogens is 2. The van der Waals surface area contributed by atoms with Gasteiger partial charge in [0.25, 0.3) is 0 Å². The molecule has 0 N–H and O–H groups in total. The van der Waals surface area contributed by atoms with Crippen molar-refractivity contribution in [3.8, 4) is 0 Å². The number of hydrogen-bond acceptors (Lipinski definition) is 2. The van der Waals surface area contributed by atoms with Gasteiger partial charge in [0.2, 0.25) is 0 Å². The second-order valence-electron chi connectivity index (χ2n) is 2.70. The molecule has 5 nitrogen and oxygen atoms in total. The summed E-state index contributed by atoms with van der Waals surface area (Å²) < 4.78 is 0. The summed E-state index contributed by atoms with van der Waals surface area (Å²) >= 11 is 11.5. The van der Waals surface area contributed by atoms with E-state index >= 15 is 0 Å². The number of nitrogens with zero attached hydrogens (tertiary/aromatic N) is 3. The van der Waals surface area contributed by atoms with Crippen LogP contribution in [0.5, 0.6) is 0 Å². The first-order chi connectivity index (χ1) is 7.09. The Morgan fingerprint density at radius 3 is 2.20 bits per heavy atom. The fourth-order valence-electron chi connectivity index (χ4n) is 1.13. The molecule has 2 rings (SSSR count). The summed E-state index contributed by atoms with van der Waals surface area (Å²) in [5.74, 6) is 0. The number of carbonyl (C=O) groups excluding carboxylic acids is 2. The number of anilines is 1. The van der Waals surface area contributed by atoms with E-state index in [0.717, 1.165) is 4.90 Å². The standard InChI is InChI=1S/C8H3Cl2N3O2/c9-4-1-2-6(5(10)3-4)13-7(14)11-12-8(13)15/h1-3H. The van der Waals surface area contributed by atoms with Crippen LogP contribution in [0.3, 0.4) is 0 Å². The van der Waals surface area contributed by atoms with Crippen molar-refractivity contribution in [1.29, 1.82) is 0 Å². The summed E-state index contributed by atoms with van der Waals surface area (Å²) in [6, 6.07) is 2.88. The third-order valence-corrected chi connectivity index (χ3v) is 2.29. The van der Waals surface area contributed by atoms with Crippen molar-refractivity contribution in [3.05, 3.63) is 28.2 Å². The molecule has 0 unspecified atom stereocenters. The fraction of sp³-hybridized carbons (Fsp3) is 0. The smallest absolute Gasteiger partial charge is 0.243 e. The molecule has 4 amide bonds. The van der Waals surface area contributed by atoms with Gasteiger partial charge in [0.15, 0.2) is 0 Å². The SMILES string of the molecule is O=C1N=NC(=O)N1c1ccc(Cl)cc1Cl. The molecule has 1 aliphatic heterocycles. The quantitative estimate of drug-likeness (QED) is 0.758. The molecule has 15 heavy (non-hydrogen) atoms. The fourth-order valence-corrected chi connectivity index (χ4v) is 1.62. The van der Waals surface area contributed by atoms with Gasteiger partial charge in [-0.2, -0.15) is 0 Å². The Hall–Kier alpha value is -1.46. The summed E-state index contributed by atoms with van der Waals surface area (Å²) in [7, 11) is 0. The van der Waals surface area contributed by atoms with Crippen LogP contribution in [0.2, 0.25) is 10.0 Å². The monoisotopic (exact) mass is 243 g/mol. The molecule has 1 aromatic rings. The van der Waals surface area contributed by atoms with E-state index in [1.807, 2.05) is 0 Å². The normalized spacial score (nSPS) is 15.2. The molecular formula is C8H3Cl2N3O2. The van der Waals surface area contributed by atoms with Crippen molar-refractivity contribution >= 4 is 41.0 Å². The van der Waals surface area contributed by atoms with Crippen LogP contribution in [0, 0.1) is 0 Å². The molecule has 0 spiro atoms. The van der Waals surface area contributed by atoms with E-state index in [0.29, 0.717) is 5.02 Å². The van der Waals surface area contributed by atoms with Crippen molar-refractivity contribution in [2.75, 3.05) is 4.90 Å². The second kappa shape index (κ2) is 3.60. The van der Waals surface area contributed by atoms with Gasteiger partial charge in [-0.15, -0.1) is 0 Å². The third kappa shape index (κ3) is 1.71. The van der Waals surface area contributed by atoms with Gasteiger partial charge in [0.05, 0.1) is 10.7 Å². The van der Waals surface area contributed by atoms with E-state index in [1.54, 1.807) is 0 Å². The van der Waals surface area contributed by atoms with Crippen molar-refractivity contribution in [2.45, 2.75) is 0 Å². The maximum absolute atomic E-state index is 11.2. The molecule has 0 aliphatic carbocycles. The highest BCUT2D eigenvalue weighted by Gasteiger charge is 2.30. The zero-order valence-electron chi connectivity index (χ0n) is 7.15. The Balaban J connectivity index is 2.46. The van der Waals surface area contributed by atoms with Gasteiger partial charge in [0.1, 0.15) is 0 Å². The number of urea groups is 2. The van der Waals surface area contributed by atoms with Crippen LogP contribution in [-0.2, 0) is 0 Å². The maximum atomic E-state index is 11.2. The summed E-state index contributed by atoms with van der Waals surface area (Å²) in [5, 5.41) is 6.82. The third-order valence-electron chi connectivity index (χ3n) is 1.75. The van der Waals surface area contributed by atoms with Crippen LogP contribution in [0.25, 0.3) is 0 Å². The minimum Gasteiger partial charge on any atom is -0.243 e. The van der Waals surface area contributed by atoms with E-state index in [2.05, 4.69) is 10.2 Å². The minimum absolute atomic E-state index is 0.191. The van der Waals surface area contributed by atoms with E-state index in [1.165, 1.54) is 18.2 Å². The lowest BCUT2D eigenvalue weighted by atomic mass is 10.3. The van der Waals surface area contributed by atoms with Crippen molar-refractivity contribution in [2.24, 2.45) is 10.2 Å². The molecule has 0 bridgehead atoms. The first-order valence-electron chi connectivity index (χ1n) is 3.84. The van der Waals surface area contributed by atoms with Crippen LogP contribution in [-0.4, -0.2) is 12.1 Å². The molecule has 1 aromatic carbocycles. The van der Waals surface area contributed by atoms with E-state index in [4.69, 9.17) is 23.2 Å². The van der Waals surface area contributed by atoms with E-state index in [-0.39, 0.29) is 10.7 Å². The Morgan fingerprint density at radius 1 is 1.07 bits per heavy atom. The molecule has 7 heteroatoms. The van der Waals surface area contributed by atoms with Crippen LogP contribution >= 0.6 is 23.2 Å². The van der Waals surface area contributed by atoms with E-state index in [9.17, 15) is 9.59 Å². The lowest BCUT2D eigenvalue weighted by Gasteiger charge is -2.11. The second-order valence-corrected chi connectivity index (χ2v) is 3.54. The topological polar surface area (TPSA) is 62.1 Å². The van der Waals surface area contributed by atoms with Gasteiger partial charge in [-0.1, -0.05) is 33.4 Å². The van der Waals surface area contributed by atoms with E-state index < -0.39 is 12.1 Å². The Morgan fingerprint density at radius 2 is 1.67 bits per heavy atom. The van der Waals surface area contributed by atoms with Crippen LogP contribution < -0.4 is 4.90 Å². The first-order valence-corrected chi connectivity index (χ1v) is 4.60. The zero-order valence-corrected chi connectivity index (χ0v) is 8.66. The number of benzene rings is 1. The molecule has 0 saturated heterocycles. The highest BCUT2D eigenvalue weighted by atomic mass is 35.5. The predicted octanol–water partition coefficient (Wildman–Crippen LogP) is 3.51. The summed E-state index contributed by atoms with van der Waals surface area (Å²) in [5.41, 5.74) is 0.223. The number of rotatable bonds is 1. The average molecular weight is 244 g/mol.